The van der Waals surface area contributed by atoms with E-state index >= 15 is 0 Å². The number of carbonyl (C=O) groups excluding carboxylic acids is 5. The summed E-state index contributed by atoms with van der Waals surface area (Å²) in [7, 11) is 1.09. The molecule has 2 amide bonds. The van der Waals surface area contributed by atoms with Gasteiger partial charge in [-0.05, 0) is 13.3 Å². The summed E-state index contributed by atoms with van der Waals surface area (Å²) >= 11 is 0. The molecule has 0 unspecified atom stereocenters. The summed E-state index contributed by atoms with van der Waals surface area (Å²) in [6.45, 7) is 5.51. The molecule has 0 bridgehead atoms. The largest absolute Gasteiger partial charge is 0.466 e. The fraction of sp³-hybridized carbons (Fsp3) is 0.423. The van der Waals surface area contributed by atoms with Crippen molar-refractivity contribution in [2.45, 2.75) is 63.8 Å². The van der Waals surface area contributed by atoms with Crippen LogP contribution in [0.3, 0.4) is 0 Å². The highest BCUT2D eigenvalue weighted by molar-refractivity contribution is 6.26. The molecule has 4 rings (SSSR count). The second kappa shape index (κ2) is 9.11. The number of ketones is 2. The normalized spacial score (nSPS) is 31.4. The van der Waals surface area contributed by atoms with Crippen LogP contribution in [0, 0.1) is 0 Å². The van der Waals surface area contributed by atoms with E-state index in [9.17, 15) is 24.0 Å². The molecular formula is C26H27NO9. The maximum Gasteiger partial charge on any atom is 0.303 e. The molecule has 1 aromatic rings. The van der Waals surface area contributed by atoms with E-state index in [1.165, 1.54) is 19.1 Å². The number of benzene rings is 1. The monoisotopic (exact) mass is 497 g/mol. The molecule has 0 aromatic heterocycles. The molecule has 0 radical (unpaired) electrons. The number of nitrogens with zero attached hydrogens (tertiary/aromatic N) is 1. The fourth-order valence-electron chi connectivity index (χ4n) is 4.86. The molecule has 0 N–H and O–H groups in total. The number of hydrogen-bond acceptors (Lipinski definition) is 9. The molecule has 10 nitrogen and oxygen atoms in total. The van der Waals surface area contributed by atoms with E-state index in [2.05, 4.69) is 0 Å². The van der Waals surface area contributed by atoms with Gasteiger partial charge in [0.05, 0.1) is 0 Å². The van der Waals surface area contributed by atoms with Gasteiger partial charge < -0.3 is 18.9 Å². The van der Waals surface area contributed by atoms with E-state index in [-0.39, 0.29) is 23.0 Å². The highest BCUT2D eigenvalue weighted by Gasteiger charge is 2.80. The number of amides is 2. The minimum atomic E-state index is -2.54. The van der Waals surface area contributed by atoms with Crippen molar-refractivity contribution in [3.8, 4) is 0 Å². The number of imide groups is 1. The molecule has 2 saturated heterocycles. The SMILES string of the molecule is CC/C=C\[C@H]1O[C@H]1C1=C(C)C(=O)[C@]2(O1)C(=O)N(C(C)=O)[C@@](OC)(C(=O)c1ccccc1)[C@@H]2OC(C)=O. The lowest BCUT2D eigenvalue weighted by Crippen LogP contribution is -2.63. The Balaban J connectivity index is 1.88. The predicted molar refractivity (Wildman–Crippen MR) is 123 cm³/mol. The van der Waals surface area contributed by atoms with Gasteiger partial charge in [0, 0.05) is 32.1 Å². The number of epoxide rings is 1. The molecule has 5 atom stereocenters. The first-order valence-electron chi connectivity index (χ1n) is 11.5. The minimum absolute atomic E-state index is 0.0678. The molecular weight excluding hydrogens is 470 g/mol. The van der Waals surface area contributed by atoms with Crippen molar-refractivity contribution in [3.05, 3.63) is 59.4 Å². The lowest BCUT2D eigenvalue weighted by atomic mass is 9.84. The molecule has 3 aliphatic rings. The number of allylic oxidation sites excluding steroid dienone is 1. The summed E-state index contributed by atoms with van der Waals surface area (Å²) in [4.78, 5) is 67.2. The van der Waals surface area contributed by atoms with Crippen molar-refractivity contribution in [1.29, 1.82) is 0 Å². The van der Waals surface area contributed by atoms with Gasteiger partial charge in [-0.15, -0.1) is 0 Å². The smallest absolute Gasteiger partial charge is 0.303 e. The Morgan fingerprint density at radius 1 is 1.14 bits per heavy atom. The minimum Gasteiger partial charge on any atom is -0.466 e. The van der Waals surface area contributed by atoms with Gasteiger partial charge in [-0.2, -0.15) is 0 Å². The van der Waals surface area contributed by atoms with E-state index in [0.717, 1.165) is 27.4 Å². The average Bonchev–Trinajstić information content (AvgIpc) is 3.53. The molecule has 2 fully saturated rings. The van der Waals surface area contributed by atoms with Gasteiger partial charge in [0.1, 0.15) is 18.0 Å². The summed E-state index contributed by atoms with van der Waals surface area (Å²) in [6.07, 6.45) is 1.52. The second-order valence-electron chi connectivity index (χ2n) is 8.76. The lowest BCUT2D eigenvalue weighted by Gasteiger charge is -2.37. The molecule has 190 valence electrons. The fourth-order valence-corrected chi connectivity index (χ4v) is 4.86. The summed E-state index contributed by atoms with van der Waals surface area (Å²) in [5.41, 5.74) is -4.89. The van der Waals surface area contributed by atoms with Gasteiger partial charge in [-0.1, -0.05) is 49.4 Å². The number of methoxy groups -OCH3 is 1. The zero-order chi connectivity index (χ0) is 26.4. The Kier molecular flexibility index (Phi) is 6.44. The summed E-state index contributed by atoms with van der Waals surface area (Å²) in [6, 6.07) is 7.74. The van der Waals surface area contributed by atoms with Gasteiger partial charge in [0.15, 0.2) is 0 Å². The van der Waals surface area contributed by atoms with Crippen LogP contribution < -0.4 is 0 Å². The van der Waals surface area contributed by atoms with Crippen LogP contribution in [0.15, 0.2) is 53.8 Å². The Labute approximate surface area is 207 Å². The summed E-state index contributed by atoms with van der Waals surface area (Å²) in [5, 5.41) is 0. The zero-order valence-corrected chi connectivity index (χ0v) is 20.6. The third kappa shape index (κ3) is 3.51. The van der Waals surface area contributed by atoms with Crippen LogP contribution in [0.5, 0.6) is 0 Å². The van der Waals surface area contributed by atoms with Crippen LogP contribution in [-0.4, -0.2) is 71.0 Å². The van der Waals surface area contributed by atoms with Crippen LogP contribution in [0.25, 0.3) is 0 Å². The molecule has 3 heterocycles. The van der Waals surface area contributed by atoms with Crippen molar-refractivity contribution in [2.75, 3.05) is 7.11 Å². The van der Waals surface area contributed by atoms with E-state index in [1.807, 2.05) is 19.1 Å². The highest BCUT2D eigenvalue weighted by atomic mass is 16.7. The molecule has 10 heteroatoms. The van der Waals surface area contributed by atoms with Crippen molar-refractivity contribution in [2.24, 2.45) is 0 Å². The van der Waals surface area contributed by atoms with E-state index in [0.29, 0.717) is 4.90 Å². The number of ether oxygens (including phenoxy) is 4. The first kappa shape index (κ1) is 25.5. The van der Waals surface area contributed by atoms with Gasteiger partial charge in [-0.25, -0.2) is 4.90 Å². The van der Waals surface area contributed by atoms with Crippen LogP contribution in [0.4, 0.5) is 0 Å². The topological polar surface area (TPSA) is 129 Å². The molecule has 1 spiro atoms. The van der Waals surface area contributed by atoms with E-state index < -0.39 is 52.9 Å². The molecule has 36 heavy (non-hydrogen) atoms. The molecule has 0 aliphatic carbocycles. The maximum absolute atomic E-state index is 13.9. The molecule has 0 saturated carbocycles. The zero-order valence-electron chi connectivity index (χ0n) is 20.6. The third-order valence-corrected chi connectivity index (χ3v) is 6.51. The van der Waals surface area contributed by atoms with Gasteiger partial charge in [-0.3, -0.25) is 24.0 Å². The van der Waals surface area contributed by atoms with Crippen molar-refractivity contribution < 1.29 is 42.9 Å². The molecule has 3 aliphatic heterocycles. The number of esters is 1. The Bertz CT molecular complexity index is 1200. The average molecular weight is 498 g/mol. The quantitative estimate of drug-likeness (QED) is 0.182. The van der Waals surface area contributed by atoms with E-state index in [4.69, 9.17) is 18.9 Å². The number of hydrogen-bond donors (Lipinski definition) is 0. The second-order valence-corrected chi connectivity index (χ2v) is 8.76. The standard InChI is InChI=1S/C26H27NO9/c1-6-7-13-18-20(35-18)19-14(2)21(30)25(36-19)23(34-16(4)29)26(33-5,27(15(3)28)24(25)32)22(31)17-11-9-8-10-12-17/h7-13,18,20,23H,6H2,1-5H3/b13-7-/t18-,20-,23-,25-,26-/m1/s1. The Hall–Kier alpha value is -3.63. The first-order chi connectivity index (χ1) is 17.1. The number of carbonyl (C=O) groups is 5. The van der Waals surface area contributed by atoms with Crippen molar-refractivity contribution in [1.82, 2.24) is 4.90 Å². The van der Waals surface area contributed by atoms with Crippen LogP contribution >= 0.6 is 0 Å². The Morgan fingerprint density at radius 3 is 2.36 bits per heavy atom. The van der Waals surface area contributed by atoms with Crippen LogP contribution in [0.2, 0.25) is 0 Å². The van der Waals surface area contributed by atoms with Crippen molar-refractivity contribution in [3.63, 3.8) is 0 Å². The number of likely N-dealkylation sites (tertiary alicyclic amines) is 1. The van der Waals surface area contributed by atoms with Gasteiger partial charge >= 0.3 is 5.97 Å². The van der Waals surface area contributed by atoms with Crippen LogP contribution in [-0.2, 0) is 38.1 Å². The van der Waals surface area contributed by atoms with Gasteiger partial charge in [0.25, 0.3) is 17.2 Å². The lowest BCUT2D eigenvalue weighted by molar-refractivity contribution is -0.192. The predicted octanol–water partition coefficient (Wildman–Crippen LogP) is 1.88. The summed E-state index contributed by atoms with van der Waals surface area (Å²) < 4.78 is 22.7. The summed E-state index contributed by atoms with van der Waals surface area (Å²) in [5.74, 6) is -4.57. The maximum atomic E-state index is 13.9. The third-order valence-electron chi connectivity index (χ3n) is 6.51. The van der Waals surface area contributed by atoms with E-state index in [1.54, 1.807) is 18.2 Å². The number of Topliss-reactive ketones (excluding diaryl/α,β-unsaturated/α-hetero) is 2. The molecule has 1 aromatic carbocycles. The van der Waals surface area contributed by atoms with Crippen molar-refractivity contribution >= 4 is 29.4 Å². The van der Waals surface area contributed by atoms with Crippen LogP contribution in [0.1, 0.15) is 44.5 Å². The van der Waals surface area contributed by atoms with Gasteiger partial charge in [0.2, 0.25) is 23.6 Å². The Morgan fingerprint density at radius 2 is 1.81 bits per heavy atom. The highest BCUT2D eigenvalue weighted by Crippen LogP contribution is 2.52. The number of rotatable bonds is 7. The first-order valence-corrected chi connectivity index (χ1v) is 11.5.